The summed E-state index contributed by atoms with van der Waals surface area (Å²) < 4.78 is 26.4. The summed E-state index contributed by atoms with van der Waals surface area (Å²) >= 11 is 5.90. The lowest BCUT2D eigenvalue weighted by Crippen LogP contribution is -2.13. The molecule has 0 saturated heterocycles. The van der Waals surface area contributed by atoms with Gasteiger partial charge in [-0.15, -0.1) is 0 Å². The number of aromatic amines is 1. The molecule has 19 heavy (non-hydrogen) atoms. The zero-order valence-corrected chi connectivity index (χ0v) is 11.4. The van der Waals surface area contributed by atoms with Crippen molar-refractivity contribution in [2.24, 2.45) is 0 Å². The van der Waals surface area contributed by atoms with E-state index in [1.165, 1.54) is 24.4 Å². The lowest BCUT2D eigenvalue weighted by Gasteiger charge is -2.08. The van der Waals surface area contributed by atoms with E-state index in [0.29, 0.717) is 11.4 Å². The second-order valence-corrected chi connectivity index (χ2v) is 5.80. The van der Waals surface area contributed by atoms with Crippen molar-refractivity contribution in [2.75, 3.05) is 4.72 Å². The molecule has 0 bridgehead atoms. The van der Waals surface area contributed by atoms with Crippen LogP contribution < -0.4 is 4.72 Å². The second kappa shape index (κ2) is 4.91. The smallest absolute Gasteiger partial charge is 0.279 e. The predicted molar refractivity (Wildman–Crippen MR) is 70.3 cm³/mol. The average molecular weight is 297 g/mol. The summed E-state index contributed by atoms with van der Waals surface area (Å²) in [6.07, 6.45) is 1.22. The highest BCUT2D eigenvalue weighted by molar-refractivity contribution is 7.92. The molecule has 1 aromatic heterocycles. The summed E-state index contributed by atoms with van der Waals surface area (Å²) in [5.74, 6) is 0.492. The third kappa shape index (κ3) is 2.86. The van der Waals surface area contributed by atoms with Crippen molar-refractivity contribution in [3.8, 4) is 6.07 Å². The van der Waals surface area contributed by atoms with Crippen LogP contribution in [0.15, 0.2) is 29.4 Å². The van der Waals surface area contributed by atoms with Gasteiger partial charge in [-0.05, 0) is 25.1 Å². The number of nitrogens with one attached hydrogen (secondary N) is 2. The molecule has 0 aliphatic carbocycles. The van der Waals surface area contributed by atoms with Gasteiger partial charge >= 0.3 is 0 Å². The topological polar surface area (TPSA) is 98.6 Å². The standard InChI is InChI=1S/C11H9ClN4O2S/c1-7-14-6-11(15-7)19(17,18)16-10-3-2-8(5-13)4-9(10)12/h2-4,6,16H,1H3,(H,14,15). The molecule has 0 atom stereocenters. The lowest BCUT2D eigenvalue weighted by molar-refractivity contribution is 0.598. The Balaban J connectivity index is 2.34. The summed E-state index contributed by atoms with van der Waals surface area (Å²) in [7, 11) is -3.77. The molecule has 6 nitrogen and oxygen atoms in total. The Hall–Kier alpha value is -2.04. The van der Waals surface area contributed by atoms with E-state index in [2.05, 4.69) is 14.7 Å². The number of benzene rings is 1. The van der Waals surface area contributed by atoms with Gasteiger partial charge in [0.1, 0.15) is 5.82 Å². The van der Waals surface area contributed by atoms with Gasteiger partial charge in [0, 0.05) is 0 Å². The first-order chi connectivity index (χ1) is 8.92. The number of H-pyrrole nitrogens is 1. The van der Waals surface area contributed by atoms with Gasteiger partial charge in [0.25, 0.3) is 10.0 Å². The van der Waals surface area contributed by atoms with E-state index in [0.717, 1.165) is 0 Å². The van der Waals surface area contributed by atoms with Crippen molar-refractivity contribution in [3.05, 3.63) is 40.8 Å². The number of aryl methyl sites for hydroxylation is 1. The third-order valence-corrected chi connectivity index (χ3v) is 3.90. The molecule has 1 heterocycles. The molecule has 2 N–H and O–H groups in total. The largest absolute Gasteiger partial charge is 0.332 e. The Morgan fingerprint density at radius 1 is 1.47 bits per heavy atom. The maximum Gasteiger partial charge on any atom is 0.279 e. The second-order valence-electron chi connectivity index (χ2n) is 3.74. The number of nitriles is 1. The minimum Gasteiger partial charge on any atom is -0.332 e. The summed E-state index contributed by atoms with van der Waals surface area (Å²) in [6.45, 7) is 1.65. The maximum atomic E-state index is 12.0. The first kappa shape index (κ1) is 13.4. The summed E-state index contributed by atoms with van der Waals surface area (Å²) in [4.78, 5) is 6.45. The number of rotatable bonds is 3. The third-order valence-electron chi connectivity index (χ3n) is 2.31. The summed E-state index contributed by atoms with van der Waals surface area (Å²) in [6, 6.07) is 6.21. The molecule has 1 aromatic carbocycles. The lowest BCUT2D eigenvalue weighted by atomic mass is 10.2. The van der Waals surface area contributed by atoms with Gasteiger partial charge in [-0.25, -0.2) is 4.98 Å². The molecule has 0 aliphatic rings. The van der Waals surface area contributed by atoms with E-state index in [9.17, 15) is 8.42 Å². The van der Waals surface area contributed by atoms with Crippen LogP contribution >= 0.6 is 11.6 Å². The van der Waals surface area contributed by atoms with E-state index >= 15 is 0 Å². The van der Waals surface area contributed by atoms with E-state index in [-0.39, 0.29) is 15.7 Å². The molecule has 98 valence electrons. The van der Waals surface area contributed by atoms with Gasteiger partial charge in [0.2, 0.25) is 0 Å². The number of nitrogens with zero attached hydrogens (tertiary/aromatic N) is 2. The number of aromatic nitrogens is 2. The Morgan fingerprint density at radius 3 is 2.74 bits per heavy atom. The van der Waals surface area contributed by atoms with Crippen LogP contribution in [0.1, 0.15) is 11.4 Å². The van der Waals surface area contributed by atoms with Crippen molar-refractivity contribution in [3.63, 3.8) is 0 Å². The number of hydrogen-bond acceptors (Lipinski definition) is 4. The highest BCUT2D eigenvalue weighted by atomic mass is 35.5. The molecule has 0 unspecified atom stereocenters. The zero-order valence-electron chi connectivity index (χ0n) is 9.81. The van der Waals surface area contributed by atoms with E-state index in [1.54, 1.807) is 6.92 Å². The van der Waals surface area contributed by atoms with Crippen LogP contribution in [-0.2, 0) is 10.0 Å². The van der Waals surface area contributed by atoms with Crippen LogP contribution in [0.4, 0.5) is 5.69 Å². The molecule has 0 aliphatic heterocycles. The fraction of sp³-hybridized carbons (Fsp3) is 0.0909. The number of imidazole rings is 1. The molecule has 0 spiro atoms. The van der Waals surface area contributed by atoms with Gasteiger partial charge in [-0.2, -0.15) is 13.7 Å². The first-order valence-electron chi connectivity index (χ1n) is 5.16. The van der Waals surface area contributed by atoms with Gasteiger partial charge in [-0.3, -0.25) is 4.72 Å². The van der Waals surface area contributed by atoms with Gasteiger partial charge in [0.15, 0.2) is 5.03 Å². The van der Waals surface area contributed by atoms with Crippen LogP contribution in [0, 0.1) is 18.3 Å². The van der Waals surface area contributed by atoms with Crippen molar-refractivity contribution in [2.45, 2.75) is 11.9 Å². The fourth-order valence-electron chi connectivity index (χ4n) is 1.40. The van der Waals surface area contributed by atoms with Crippen LogP contribution in [0.2, 0.25) is 5.02 Å². The quantitative estimate of drug-likeness (QED) is 0.905. The van der Waals surface area contributed by atoms with Gasteiger partial charge < -0.3 is 4.98 Å². The van der Waals surface area contributed by atoms with E-state index < -0.39 is 10.0 Å². The van der Waals surface area contributed by atoms with Crippen molar-refractivity contribution >= 4 is 27.3 Å². The van der Waals surface area contributed by atoms with Crippen molar-refractivity contribution < 1.29 is 8.42 Å². The minimum atomic E-state index is -3.77. The molecule has 8 heteroatoms. The molecule has 0 amide bonds. The Bertz CT molecular complexity index is 761. The highest BCUT2D eigenvalue weighted by Crippen LogP contribution is 2.25. The Morgan fingerprint density at radius 2 is 2.21 bits per heavy atom. The van der Waals surface area contributed by atoms with Crippen LogP contribution in [-0.4, -0.2) is 18.4 Å². The first-order valence-corrected chi connectivity index (χ1v) is 7.02. The fourth-order valence-corrected chi connectivity index (χ4v) is 2.74. The van der Waals surface area contributed by atoms with E-state index in [1.807, 2.05) is 6.07 Å². The summed E-state index contributed by atoms with van der Waals surface area (Å²) in [5, 5.41) is 8.81. The van der Waals surface area contributed by atoms with Crippen LogP contribution in [0.3, 0.4) is 0 Å². The zero-order chi connectivity index (χ0) is 14.0. The van der Waals surface area contributed by atoms with Crippen molar-refractivity contribution in [1.29, 1.82) is 5.26 Å². The molecular formula is C11H9ClN4O2S. The number of anilines is 1. The van der Waals surface area contributed by atoms with Gasteiger partial charge in [-0.1, -0.05) is 11.6 Å². The van der Waals surface area contributed by atoms with Crippen LogP contribution in [0.25, 0.3) is 0 Å². The SMILES string of the molecule is Cc1ncc(S(=O)(=O)Nc2ccc(C#N)cc2Cl)[nH]1. The minimum absolute atomic E-state index is 0.0505. The normalized spacial score (nSPS) is 11.0. The molecule has 0 fully saturated rings. The molecule has 2 aromatic rings. The monoisotopic (exact) mass is 296 g/mol. The number of halogens is 1. The predicted octanol–water partition coefficient (Wildman–Crippen LogP) is 2.04. The Labute approximate surface area is 115 Å². The Kier molecular flexibility index (Phi) is 3.46. The van der Waals surface area contributed by atoms with Gasteiger partial charge in [0.05, 0.1) is 28.5 Å². The number of sulfonamides is 1. The average Bonchev–Trinajstić information content (AvgIpc) is 2.79. The molecule has 0 saturated carbocycles. The number of hydrogen-bond donors (Lipinski definition) is 2. The van der Waals surface area contributed by atoms with Crippen LogP contribution in [0.5, 0.6) is 0 Å². The summed E-state index contributed by atoms with van der Waals surface area (Å²) in [5.41, 5.74) is 0.554. The highest BCUT2D eigenvalue weighted by Gasteiger charge is 2.18. The molecule has 2 rings (SSSR count). The molecular weight excluding hydrogens is 288 g/mol. The maximum absolute atomic E-state index is 12.0. The van der Waals surface area contributed by atoms with Crippen molar-refractivity contribution in [1.82, 2.24) is 9.97 Å². The van der Waals surface area contributed by atoms with E-state index in [4.69, 9.17) is 16.9 Å². The molecule has 0 radical (unpaired) electrons.